The van der Waals surface area contributed by atoms with Gasteiger partial charge >= 0.3 is 0 Å². The predicted molar refractivity (Wildman–Crippen MR) is 268 cm³/mol. The van der Waals surface area contributed by atoms with E-state index in [1.54, 1.807) is 0 Å². The number of nitrogens with zero attached hydrogens (tertiary/aromatic N) is 4. The molecule has 4 nitrogen and oxygen atoms in total. The monoisotopic (exact) mass is 812 g/mol. The van der Waals surface area contributed by atoms with Crippen LogP contribution in [-0.4, -0.2) is 19.1 Å². The van der Waals surface area contributed by atoms with Gasteiger partial charge in [-0.3, -0.25) is 4.57 Å². The van der Waals surface area contributed by atoms with Crippen LogP contribution in [0.1, 0.15) is 0 Å². The zero-order chi connectivity index (χ0) is 41.9. The average Bonchev–Trinajstić information content (AvgIpc) is 3.91. The van der Waals surface area contributed by atoms with Crippen LogP contribution in [0.15, 0.2) is 218 Å². The molecule has 0 N–H and O–H groups in total. The fourth-order valence-electron chi connectivity index (χ4n) is 10.5. The Labute approximate surface area is 367 Å². The molecule has 0 aliphatic carbocycles. The lowest BCUT2D eigenvalue weighted by molar-refractivity contribution is 1.12. The normalized spacial score (nSPS) is 12.1. The number of pyridine rings is 1. The van der Waals surface area contributed by atoms with Gasteiger partial charge < -0.3 is 4.57 Å². The molecular formula is C60H36N4. The lowest BCUT2D eigenvalue weighted by Crippen LogP contribution is -1.99. The summed E-state index contributed by atoms with van der Waals surface area (Å²) >= 11 is 0. The lowest BCUT2D eigenvalue weighted by Gasteiger charge is -2.17. The predicted octanol–water partition coefficient (Wildman–Crippen LogP) is 15.7. The Morgan fingerprint density at radius 3 is 1.80 bits per heavy atom. The van der Waals surface area contributed by atoms with E-state index >= 15 is 0 Å². The van der Waals surface area contributed by atoms with E-state index in [9.17, 15) is 0 Å². The fraction of sp³-hybridized carbons (Fsp3) is 0. The number of para-hydroxylation sites is 3. The number of imidazole rings is 1. The number of aromatic nitrogens is 4. The first-order chi connectivity index (χ1) is 31.7. The first kappa shape index (κ1) is 35.0. The van der Waals surface area contributed by atoms with Crippen molar-refractivity contribution in [1.29, 1.82) is 0 Å². The molecular weight excluding hydrogens is 777 g/mol. The Hall–Kier alpha value is -8.60. The Balaban J connectivity index is 0.973. The first-order valence-corrected chi connectivity index (χ1v) is 21.9. The third kappa shape index (κ3) is 5.11. The van der Waals surface area contributed by atoms with Gasteiger partial charge in [0.05, 0.1) is 39.0 Å². The number of rotatable bonds is 5. The van der Waals surface area contributed by atoms with Crippen LogP contribution in [0.5, 0.6) is 0 Å². The second-order valence-electron chi connectivity index (χ2n) is 16.9. The van der Waals surface area contributed by atoms with Gasteiger partial charge in [-0.2, -0.15) is 0 Å². The maximum atomic E-state index is 5.38. The van der Waals surface area contributed by atoms with Crippen LogP contribution < -0.4 is 0 Å². The molecule has 14 rings (SSSR count). The summed E-state index contributed by atoms with van der Waals surface area (Å²) in [6, 6.07) is 79.1. The fourth-order valence-corrected chi connectivity index (χ4v) is 10.5. The zero-order valence-electron chi connectivity index (χ0n) is 34.6. The average molecular weight is 813 g/mol. The molecule has 296 valence electrons. The molecule has 0 aliphatic heterocycles. The highest BCUT2D eigenvalue weighted by molar-refractivity contribution is 6.25. The minimum atomic E-state index is 0.916. The van der Waals surface area contributed by atoms with Gasteiger partial charge in [-0.1, -0.05) is 164 Å². The molecule has 0 radical (unpaired) electrons. The second kappa shape index (κ2) is 13.4. The van der Waals surface area contributed by atoms with Crippen molar-refractivity contribution in [1.82, 2.24) is 19.1 Å². The van der Waals surface area contributed by atoms with Crippen LogP contribution in [0, 0.1) is 0 Å². The van der Waals surface area contributed by atoms with Gasteiger partial charge in [0.1, 0.15) is 5.82 Å². The SMILES string of the molecule is c1ccc(-c2nc3cc4c5ccc(-c6cccc(-c7nc8ccccc8n7-c7ccc8ccc9cccc%10ccc7c8c9%10)c6)cc5n(-c5ccccc5)c4cc3c3ccccc23)cc1. The molecule has 0 unspecified atom stereocenters. The molecule has 4 heteroatoms. The summed E-state index contributed by atoms with van der Waals surface area (Å²) in [5, 5.41) is 13.4. The van der Waals surface area contributed by atoms with Gasteiger partial charge in [-0.05, 0) is 98.0 Å². The first-order valence-electron chi connectivity index (χ1n) is 21.9. The van der Waals surface area contributed by atoms with Crippen LogP contribution >= 0.6 is 0 Å². The number of hydrogen-bond donors (Lipinski definition) is 0. The molecule has 0 amide bonds. The Kier molecular flexibility index (Phi) is 7.36. The number of benzene rings is 11. The van der Waals surface area contributed by atoms with Crippen molar-refractivity contribution in [2.24, 2.45) is 0 Å². The number of hydrogen-bond acceptors (Lipinski definition) is 2. The summed E-state index contributed by atoms with van der Waals surface area (Å²) in [6.45, 7) is 0. The molecule has 11 aromatic carbocycles. The lowest BCUT2D eigenvalue weighted by atomic mass is 9.93. The van der Waals surface area contributed by atoms with Gasteiger partial charge in [-0.15, -0.1) is 0 Å². The topological polar surface area (TPSA) is 35.6 Å². The summed E-state index contributed by atoms with van der Waals surface area (Å²) < 4.78 is 4.78. The van der Waals surface area contributed by atoms with Crippen LogP contribution in [-0.2, 0) is 0 Å². The minimum absolute atomic E-state index is 0.916. The second-order valence-corrected chi connectivity index (χ2v) is 16.9. The molecule has 3 aromatic heterocycles. The molecule has 64 heavy (non-hydrogen) atoms. The van der Waals surface area contributed by atoms with Crippen molar-refractivity contribution in [3.63, 3.8) is 0 Å². The molecule has 0 aliphatic rings. The van der Waals surface area contributed by atoms with Gasteiger partial charge in [-0.25, -0.2) is 9.97 Å². The van der Waals surface area contributed by atoms with Gasteiger partial charge in [0.25, 0.3) is 0 Å². The molecule has 3 heterocycles. The summed E-state index contributed by atoms with van der Waals surface area (Å²) in [4.78, 5) is 10.7. The van der Waals surface area contributed by atoms with E-state index in [2.05, 4.69) is 228 Å². The Morgan fingerprint density at radius 2 is 0.938 bits per heavy atom. The minimum Gasteiger partial charge on any atom is -0.309 e. The van der Waals surface area contributed by atoms with Gasteiger partial charge in [0.15, 0.2) is 0 Å². The van der Waals surface area contributed by atoms with E-state index in [1.807, 2.05) is 0 Å². The third-order valence-corrected chi connectivity index (χ3v) is 13.4. The molecule has 0 spiro atoms. The summed E-state index contributed by atoms with van der Waals surface area (Å²) in [7, 11) is 0. The zero-order valence-corrected chi connectivity index (χ0v) is 34.6. The van der Waals surface area contributed by atoms with Crippen molar-refractivity contribution >= 4 is 86.8 Å². The summed E-state index contributed by atoms with van der Waals surface area (Å²) in [5.74, 6) is 0.916. The molecule has 0 saturated carbocycles. The molecule has 0 bridgehead atoms. The summed E-state index contributed by atoms with van der Waals surface area (Å²) in [5.41, 5.74) is 13.0. The van der Waals surface area contributed by atoms with E-state index < -0.39 is 0 Å². The smallest absolute Gasteiger partial charge is 0.145 e. The maximum absolute atomic E-state index is 5.38. The van der Waals surface area contributed by atoms with Crippen molar-refractivity contribution < 1.29 is 0 Å². The van der Waals surface area contributed by atoms with Gasteiger partial charge in [0.2, 0.25) is 0 Å². The molecule has 0 atom stereocenters. The summed E-state index contributed by atoms with van der Waals surface area (Å²) in [6.07, 6.45) is 0. The molecule has 14 aromatic rings. The standard InChI is InChI=1S/C60H36N4/c1-3-13-40(14-4-1)59-47-22-8-7-21-45(47)49-36-56-50(35-52(49)61-59)46-30-28-42(34-55(46)63(56)44-19-5-2-6-20-44)41-17-12-18-43(33-41)60-62-51-23-9-10-24-54(51)64(60)53-32-29-39-26-25-37-15-11-16-38-27-31-48(53)58(39)57(37)38/h1-36H. The van der Waals surface area contributed by atoms with Crippen molar-refractivity contribution in [3.8, 4) is 45.1 Å². The highest BCUT2D eigenvalue weighted by Crippen LogP contribution is 2.42. The Bertz CT molecular complexity index is 4160. The molecule has 0 fully saturated rings. The van der Waals surface area contributed by atoms with Gasteiger partial charge in [0, 0.05) is 43.7 Å². The van der Waals surface area contributed by atoms with Crippen LogP contribution in [0.3, 0.4) is 0 Å². The Morgan fingerprint density at radius 1 is 0.297 bits per heavy atom. The highest BCUT2D eigenvalue weighted by atomic mass is 15.1. The third-order valence-electron chi connectivity index (χ3n) is 13.4. The van der Waals surface area contributed by atoms with E-state index in [0.717, 1.165) is 83.5 Å². The number of fused-ring (bicyclic) bond motifs is 7. The van der Waals surface area contributed by atoms with E-state index in [-0.39, 0.29) is 0 Å². The van der Waals surface area contributed by atoms with Crippen molar-refractivity contribution in [3.05, 3.63) is 218 Å². The quantitative estimate of drug-likeness (QED) is 0.162. The van der Waals surface area contributed by atoms with Crippen molar-refractivity contribution in [2.45, 2.75) is 0 Å². The van der Waals surface area contributed by atoms with E-state index in [0.29, 0.717) is 0 Å². The van der Waals surface area contributed by atoms with Crippen LogP contribution in [0.25, 0.3) is 132 Å². The maximum Gasteiger partial charge on any atom is 0.145 e. The largest absolute Gasteiger partial charge is 0.309 e. The van der Waals surface area contributed by atoms with Crippen molar-refractivity contribution in [2.75, 3.05) is 0 Å². The van der Waals surface area contributed by atoms with E-state index in [4.69, 9.17) is 9.97 Å². The highest BCUT2D eigenvalue weighted by Gasteiger charge is 2.21. The van der Waals surface area contributed by atoms with E-state index in [1.165, 1.54) is 48.5 Å². The molecule has 0 saturated heterocycles. The van der Waals surface area contributed by atoms with Crippen LogP contribution in [0.2, 0.25) is 0 Å². The van der Waals surface area contributed by atoms with Crippen LogP contribution in [0.4, 0.5) is 0 Å².